The third kappa shape index (κ3) is 5.90. The van der Waals surface area contributed by atoms with Gasteiger partial charge in [0.15, 0.2) is 6.10 Å². The highest BCUT2D eigenvalue weighted by Gasteiger charge is 2.52. The van der Waals surface area contributed by atoms with E-state index in [0.717, 1.165) is 5.82 Å². The highest BCUT2D eigenvalue weighted by molar-refractivity contribution is 7.54. The van der Waals surface area contributed by atoms with Gasteiger partial charge in [0, 0.05) is 5.54 Å². The molecule has 0 bridgehead atoms. The molecule has 0 N–H and O–H groups in total. The van der Waals surface area contributed by atoms with E-state index in [1.165, 1.54) is 0 Å². The first-order valence-corrected chi connectivity index (χ1v) is 11.7. The van der Waals surface area contributed by atoms with Crippen molar-refractivity contribution in [3.63, 3.8) is 0 Å². The van der Waals surface area contributed by atoms with Crippen molar-refractivity contribution < 1.29 is 23.0 Å². The number of hydrogen-bond acceptors (Lipinski definition) is 5. The Labute approximate surface area is 171 Å². The molecule has 1 aromatic rings. The van der Waals surface area contributed by atoms with Crippen molar-refractivity contribution in [2.45, 2.75) is 79.7 Å². The molecule has 0 radical (unpaired) electrons. The van der Waals surface area contributed by atoms with E-state index in [1.54, 1.807) is 0 Å². The molecule has 0 aromatic carbocycles. The Morgan fingerprint density at radius 1 is 1.14 bits per heavy atom. The minimum Gasteiger partial charge on any atom is -0.308 e. The van der Waals surface area contributed by atoms with Crippen molar-refractivity contribution in [3.8, 4) is 0 Å². The van der Waals surface area contributed by atoms with Crippen LogP contribution in [0.1, 0.15) is 74.2 Å². The second-order valence-electron chi connectivity index (χ2n) is 9.24. The highest BCUT2D eigenvalue weighted by Crippen LogP contribution is 2.61. The van der Waals surface area contributed by atoms with Crippen LogP contribution in [-0.4, -0.2) is 34.2 Å². The molecule has 2 unspecified atom stereocenters. The van der Waals surface area contributed by atoms with Crippen molar-refractivity contribution in [1.82, 2.24) is 9.63 Å². The molecule has 28 heavy (non-hydrogen) atoms. The molecule has 1 aromatic heterocycles. The van der Waals surface area contributed by atoms with Crippen LogP contribution in [0.4, 0.5) is 0 Å². The Morgan fingerprint density at radius 3 is 1.96 bits per heavy atom. The van der Waals surface area contributed by atoms with Gasteiger partial charge in [-0.25, -0.2) is 9.13 Å². The first-order valence-electron chi connectivity index (χ1n) is 10.0. The molecule has 164 valence electrons. The lowest BCUT2D eigenvalue weighted by molar-refractivity contribution is -0.683. The van der Waals surface area contributed by atoms with E-state index < -0.39 is 24.3 Å². The Kier molecular flexibility index (Phi) is 8.49. The number of rotatable bonds is 9. The standard InChI is InChI=1S/C20H41N3O4P/c1-12-25-28(24,26-13-2)18(19(4,5)6)23(20(7,8)9)27-16(3)17-21(10)14-15-22(17)11/h14-16,18H,12-13H2,1-11H3/q+1. The Bertz CT molecular complexity index is 646. The summed E-state index contributed by atoms with van der Waals surface area (Å²) in [6.45, 7) is 18.5. The van der Waals surface area contributed by atoms with Gasteiger partial charge in [-0.3, -0.25) is 9.40 Å². The fourth-order valence-electron chi connectivity index (χ4n) is 3.47. The number of hydroxylamine groups is 2. The van der Waals surface area contributed by atoms with Gasteiger partial charge in [0.05, 0.1) is 27.3 Å². The van der Waals surface area contributed by atoms with Crippen LogP contribution < -0.4 is 4.57 Å². The first-order chi connectivity index (χ1) is 12.7. The summed E-state index contributed by atoms with van der Waals surface area (Å²) < 4.78 is 29.4. The SMILES string of the molecule is CCOP(=O)(OCC)C(N(OC(C)c1n(C)cc[n+]1C)C(C)(C)C)C(C)(C)C. The minimum atomic E-state index is -3.47. The van der Waals surface area contributed by atoms with Crippen LogP contribution in [0.15, 0.2) is 12.4 Å². The topological polar surface area (TPSA) is 56.8 Å². The van der Waals surface area contributed by atoms with Gasteiger partial charge in [-0.2, -0.15) is 5.06 Å². The van der Waals surface area contributed by atoms with Gasteiger partial charge in [-0.15, -0.1) is 0 Å². The summed E-state index contributed by atoms with van der Waals surface area (Å²) in [5, 5.41) is 1.83. The predicted octanol–water partition coefficient (Wildman–Crippen LogP) is 4.58. The first kappa shape index (κ1) is 25.3. The van der Waals surface area contributed by atoms with Gasteiger partial charge in [0.1, 0.15) is 18.2 Å². The van der Waals surface area contributed by atoms with E-state index in [2.05, 4.69) is 0 Å². The zero-order valence-electron chi connectivity index (χ0n) is 19.6. The van der Waals surface area contributed by atoms with Crippen molar-refractivity contribution in [3.05, 3.63) is 18.2 Å². The summed E-state index contributed by atoms with van der Waals surface area (Å²) in [6.07, 6.45) is 3.72. The smallest absolute Gasteiger partial charge is 0.308 e. The zero-order valence-corrected chi connectivity index (χ0v) is 20.5. The summed E-state index contributed by atoms with van der Waals surface area (Å²) in [4.78, 5) is 6.51. The molecule has 1 rings (SSSR count). The second kappa shape index (κ2) is 9.40. The van der Waals surface area contributed by atoms with Gasteiger partial charge < -0.3 is 9.05 Å². The van der Waals surface area contributed by atoms with Crippen molar-refractivity contribution >= 4 is 7.60 Å². The lowest BCUT2D eigenvalue weighted by atomic mass is 9.94. The molecule has 0 fully saturated rings. The fourth-order valence-corrected chi connectivity index (χ4v) is 6.15. The minimum absolute atomic E-state index is 0.259. The van der Waals surface area contributed by atoms with E-state index in [4.69, 9.17) is 13.9 Å². The molecular weight excluding hydrogens is 377 g/mol. The van der Waals surface area contributed by atoms with Gasteiger partial charge in [0.2, 0.25) is 0 Å². The molecule has 0 aliphatic heterocycles. The van der Waals surface area contributed by atoms with Crippen molar-refractivity contribution in [2.24, 2.45) is 19.5 Å². The summed E-state index contributed by atoms with van der Waals surface area (Å²) in [6, 6.07) is 0. The van der Waals surface area contributed by atoms with Gasteiger partial charge in [-0.1, -0.05) is 20.8 Å². The molecule has 0 aliphatic carbocycles. The van der Waals surface area contributed by atoms with E-state index in [0.29, 0.717) is 13.2 Å². The van der Waals surface area contributed by atoms with Crippen LogP contribution >= 0.6 is 7.60 Å². The number of hydrogen-bond donors (Lipinski definition) is 0. The van der Waals surface area contributed by atoms with Crippen LogP contribution in [-0.2, 0) is 32.5 Å². The zero-order chi connectivity index (χ0) is 21.9. The van der Waals surface area contributed by atoms with E-state index >= 15 is 0 Å². The third-order valence-electron chi connectivity index (χ3n) is 4.45. The third-order valence-corrected chi connectivity index (χ3v) is 7.27. The lowest BCUT2D eigenvalue weighted by Crippen LogP contribution is -2.54. The van der Waals surface area contributed by atoms with Crippen molar-refractivity contribution in [2.75, 3.05) is 13.2 Å². The maximum atomic E-state index is 13.9. The average molecular weight is 419 g/mol. The highest BCUT2D eigenvalue weighted by atomic mass is 31.2. The second-order valence-corrected chi connectivity index (χ2v) is 11.3. The largest absolute Gasteiger partial charge is 0.350 e. The molecule has 2 atom stereocenters. The number of aryl methyl sites for hydroxylation is 2. The molecule has 0 aliphatic rings. The van der Waals surface area contributed by atoms with E-state index in [1.807, 2.05) is 103 Å². The maximum absolute atomic E-state index is 13.9. The molecule has 0 spiro atoms. The molecule has 0 saturated carbocycles. The quantitative estimate of drug-likeness (QED) is 0.334. The summed E-state index contributed by atoms with van der Waals surface area (Å²) >= 11 is 0. The Hall–Kier alpha value is -0.720. The summed E-state index contributed by atoms with van der Waals surface area (Å²) in [5.41, 5.74) is -0.844. The van der Waals surface area contributed by atoms with Crippen LogP contribution in [0.3, 0.4) is 0 Å². The van der Waals surface area contributed by atoms with Gasteiger partial charge in [-0.05, 0) is 47.0 Å². The molecule has 8 heteroatoms. The molecule has 7 nitrogen and oxygen atoms in total. The number of aromatic nitrogens is 2. The fraction of sp³-hybridized carbons (Fsp3) is 0.850. The van der Waals surface area contributed by atoms with Crippen molar-refractivity contribution in [1.29, 1.82) is 0 Å². The van der Waals surface area contributed by atoms with Crippen LogP contribution in [0.25, 0.3) is 0 Å². The molecule has 0 amide bonds. The summed E-state index contributed by atoms with van der Waals surface area (Å²) in [7, 11) is 0.505. The van der Waals surface area contributed by atoms with Gasteiger partial charge >= 0.3 is 7.60 Å². The van der Waals surface area contributed by atoms with Gasteiger partial charge in [0.25, 0.3) is 5.82 Å². The molecule has 0 saturated heterocycles. The normalized spacial score (nSPS) is 15.9. The Morgan fingerprint density at radius 2 is 1.64 bits per heavy atom. The maximum Gasteiger partial charge on any atom is 0.350 e. The molecular formula is C20H41N3O4P+. The van der Waals surface area contributed by atoms with Crippen LogP contribution in [0, 0.1) is 5.41 Å². The summed E-state index contributed by atoms with van der Waals surface area (Å²) in [5.74, 6) is 0.428. The lowest BCUT2D eigenvalue weighted by Gasteiger charge is -2.47. The number of imidazole rings is 1. The van der Waals surface area contributed by atoms with E-state index in [9.17, 15) is 4.57 Å². The Balaban J connectivity index is 3.46. The predicted molar refractivity (Wildman–Crippen MR) is 112 cm³/mol. The number of nitrogens with zero attached hydrogens (tertiary/aromatic N) is 3. The monoisotopic (exact) mass is 418 g/mol. The molecule has 1 heterocycles. The van der Waals surface area contributed by atoms with E-state index in [-0.39, 0.29) is 6.10 Å². The van der Waals surface area contributed by atoms with Crippen LogP contribution in [0.2, 0.25) is 0 Å². The van der Waals surface area contributed by atoms with Crippen LogP contribution in [0.5, 0.6) is 0 Å². The average Bonchev–Trinajstić information content (AvgIpc) is 2.83.